The minimum absolute atomic E-state index is 0.0675. The van der Waals surface area contributed by atoms with Crippen LogP contribution >= 0.6 is 11.3 Å². The zero-order valence-corrected chi connectivity index (χ0v) is 14.0. The maximum Gasteiger partial charge on any atom is 0.341 e. The van der Waals surface area contributed by atoms with E-state index in [1.807, 2.05) is 12.2 Å². The Morgan fingerprint density at radius 2 is 1.92 bits per heavy atom. The first kappa shape index (κ1) is 16.7. The van der Waals surface area contributed by atoms with Gasteiger partial charge in [-0.3, -0.25) is 9.59 Å². The van der Waals surface area contributed by atoms with Crippen molar-refractivity contribution in [3.63, 3.8) is 0 Å². The number of hydrogen-bond donors (Lipinski definition) is 2. The lowest BCUT2D eigenvalue weighted by atomic mass is 9.62. The van der Waals surface area contributed by atoms with E-state index in [9.17, 15) is 19.5 Å². The monoisotopic (exact) mass is 349 g/mol. The molecule has 1 saturated carbocycles. The van der Waals surface area contributed by atoms with E-state index in [-0.39, 0.29) is 24.3 Å². The van der Waals surface area contributed by atoms with E-state index in [2.05, 4.69) is 5.32 Å². The maximum atomic E-state index is 12.7. The molecule has 7 heteroatoms. The molecule has 1 fully saturated rings. The minimum atomic E-state index is -0.939. The number of aliphatic carboxylic acids is 1. The summed E-state index contributed by atoms with van der Waals surface area (Å²) in [6.07, 6.45) is 5.50. The first-order chi connectivity index (χ1) is 11.5. The molecule has 128 valence electrons. The minimum Gasteiger partial charge on any atom is -0.481 e. The number of esters is 1. The molecule has 2 N–H and O–H groups in total. The highest BCUT2D eigenvalue weighted by Gasteiger charge is 2.48. The molecule has 1 heterocycles. The molecule has 0 spiro atoms. The number of thiophene rings is 1. The molecule has 1 aromatic heterocycles. The molecular weight excluding hydrogens is 330 g/mol. The molecule has 0 saturated heterocycles. The normalized spacial score (nSPS) is 27.7. The number of carbonyl (C=O) groups excluding carboxylic acids is 2. The molecule has 1 amide bonds. The Kier molecular flexibility index (Phi) is 4.71. The van der Waals surface area contributed by atoms with Crippen molar-refractivity contribution in [2.45, 2.75) is 19.8 Å². The SMILES string of the molecule is CCOC(=O)c1ccsc1NC(=O)[C@@H]1[C@H](C(=O)O)[C@H]2C=C[C@H]1CC2. The van der Waals surface area contributed by atoms with Crippen LogP contribution in [-0.4, -0.2) is 29.6 Å². The van der Waals surface area contributed by atoms with Gasteiger partial charge in [0.2, 0.25) is 5.91 Å². The number of allylic oxidation sites excluding steroid dienone is 2. The Morgan fingerprint density at radius 3 is 2.50 bits per heavy atom. The highest BCUT2D eigenvalue weighted by molar-refractivity contribution is 7.14. The van der Waals surface area contributed by atoms with Gasteiger partial charge >= 0.3 is 11.9 Å². The molecule has 24 heavy (non-hydrogen) atoms. The smallest absolute Gasteiger partial charge is 0.341 e. The zero-order chi connectivity index (χ0) is 17.3. The first-order valence-electron chi connectivity index (χ1n) is 7.99. The quantitative estimate of drug-likeness (QED) is 0.630. The molecule has 4 atom stereocenters. The predicted octanol–water partition coefficient (Wildman–Crippen LogP) is 2.78. The van der Waals surface area contributed by atoms with E-state index in [1.54, 1.807) is 18.4 Å². The molecule has 4 rings (SSSR count). The molecule has 0 radical (unpaired) electrons. The molecule has 2 bridgehead atoms. The van der Waals surface area contributed by atoms with Gasteiger partial charge in [-0.05, 0) is 43.0 Å². The summed E-state index contributed by atoms with van der Waals surface area (Å²) >= 11 is 1.23. The predicted molar refractivity (Wildman–Crippen MR) is 88.9 cm³/mol. The Hall–Kier alpha value is -2.15. The van der Waals surface area contributed by atoms with Gasteiger partial charge in [0.15, 0.2) is 0 Å². The van der Waals surface area contributed by atoms with Crippen molar-refractivity contribution in [3.8, 4) is 0 Å². The molecule has 1 aromatic rings. The number of fused-ring (bicyclic) bond motifs is 2. The molecule has 6 nitrogen and oxygen atoms in total. The molecule has 0 unspecified atom stereocenters. The van der Waals surface area contributed by atoms with Gasteiger partial charge in [-0.25, -0.2) is 4.79 Å². The van der Waals surface area contributed by atoms with E-state index < -0.39 is 23.8 Å². The van der Waals surface area contributed by atoms with Crippen LogP contribution in [0.25, 0.3) is 0 Å². The van der Waals surface area contributed by atoms with E-state index in [0.717, 1.165) is 12.8 Å². The van der Waals surface area contributed by atoms with E-state index >= 15 is 0 Å². The third kappa shape index (κ3) is 2.96. The van der Waals surface area contributed by atoms with Crippen molar-refractivity contribution in [2.75, 3.05) is 11.9 Å². The summed E-state index contributed by atoms with van der Waals surface area (Å²) in [4.78, 5) is 36.3. The Labute approximate surface area is 143 Å². The van der Waals surface area contributed by atoms with E-state index in [0.29, 0.717) is 10.6 Å². The summed E-state index contributed by atoms with van der Waals surface area (Å²) in [6, 6.07) is 1.60. The van der Waals surface area contributed by atoms with Crippen LogP contribution in [0.1, 0.15) is 30.1 Å². The van der Waals surface area contributed by atoms with Gasteiger partial charge in [0, 0.05) is 0 Å². The van der Waals surface area contributed by atoms with Crippen molar-refractivity contribution in [2.24, 2.45) is 23.7 Å². The summed E-state index contributed by atoms with van der Waals surface area (Å²) in [5.41, 5.74) is 0.304. The van der Waals surface area contributed by atoms with Crippen LogP contribution in [0.2, 0.25) is 0 Å². The fourth-order valence-electron chi connectivity index (χ4n) is 3.66. The summed E-state index contributed by atoms with van der Waals surface area (Å²) in [5.74, 6) is -3.25. The van der Waals surface area contributed by atoms with Crippen molar-refractivity contribution in [1.82, 2.24) is 0 Å². The van der Waals surface area contributed by atoms with Crippen LogP contribution in [0.3, 0.4) is 0 Å². The van der Waals surface area contributed by atoms with Crippen LogP contribution in [0.4, 0.5) is 5.00 Å². The van der Waals surface area contributed by atoms with Crippen molar-refractivity contribution < 1.29 is 24.2 Å². The van der Waals surface area contributed by atoms with Gasteiger partial charge < -0.3 is 15.2 Å². The fourth-order valence-corrected chi connectivity index (χ4v) is 4.44. The highest BCUT2D eigenvalue weighted by Crippen LogP contribution is 2.45. The van der Waals surface area contributed by atoms with Gasteiger partial charge in [-0.2, -0.15) is 0 Å². The third-order valence-electron chi connectivity index (χ3n) is 4.73. The number of hydrogen-bond acceptors (Lipinski definition) is 5. The number of carbonyl (C=O) groups is 3. The van der Waals surface area contributed by atoms with E-state index in [1.165, 1.54) is 11.3 Å². The Bertz CT molecular complexity index is 695. The number of ether oxygens (including phenoxy) is 1. The molecule has 3 aliphatic carbocycles. The average molecular weight is 349 g/mol. The number of carboxylic acid groups (broad SMARTS) is 1. The van der Waals surface area contributed by atoms with Gasteiger partial charge in [-0.1, -0.05) is 12.2 Å². The lowest BCUT2D eigenvalue weighted by Crippen LogP contribution is -2.47. The molecular formula is C17H19NO5S. The summed E-state index contributed by atoms with van der Waals surface area (Å²) in [6.45, 7) is 1.96. The number of amides is 1. The molecule has 0 aliphatic heterocycles. The fraction of sp³-hybridized carbons (Fsp3) is 0.471. The van der Waals surface area contributed by atoms with Crippen molar-refractivity contribution >= 4 is 34.2 Å². The Balaban J connectivity index is 1.80. The van der Waals surface area contributed by atoms with Crippen LogP contribution in [0.15, 0.2) is 23.6 Å². The van der Waals surface area contributed by atoms with Crippen LogP contribution in [0, 0.1) is 23.7 Å². The molecule has 3 aliphatic rings. The third-order valence-corrected chi connectivity index (χ3v) is 5.56. The second-order valence-electron chi connectivity index (χ2n) is 6.05. The van der Waals surface area contributed by atoms with Crippen LogP contribution in [-0.2, 0) is 14.3 Å². The lowest BCUT2D eigenvalue weighted by molar-refractivity contribution is -0.151. The highest BCUT2D eigenvalue weighted by atomic mass is 32.1. The van der Waals surface area contributed by atoms with Gasteiger partial charge in [0.05, 0.1) is 24.0 Å². The number of anilines is 1. The van der Waals surface area contributed by atoms with E-state index in [4.69, 9.17) is 4.74 Å². The largest absolute Gasteiger partial charge is 0.481 e. The van der Waals surface area contributed by atoms with Crippen molar-refractivity contribution in [3.05, 3.63) is 29.2 Å². The average Bonchev–Trinajstić information content (AvgIpc) is 3.03. The first-order valence-corrected chi connectivity index (χ1v) is 8.87. The summed E-state index contributed by atoms with van der Waals surface area (Å²) < 4.78 is 4.97. The lowest BCUT2D eigenvalue weighted by Gasteiger charge is -2.41. The number of carboxylic acids is 1. The van der Waals surface area contributed by atoms with Crippen LogP contribution in [0.5, 0.6) is 0 Å². The van der Waals surface area contributed by atoms with Gasteiger partial charge in [0.25, 0.3) is 0 Å². The topological polar surface area (TPSA) is 92.7 Å². The zero-order valence-electron chi connectivity index (χ0n) is 13.2. The second-order valence-corrected chi connectivity index (χ2v) is 6.97. The second kappa shape index (κ2) is 6.76. The maximum absolute atomic E-state index is 12.7. The number of nitrogens with one attached hydrogen (secondary N) is 1. The summed E-state index contributed by atoms with van der Waals surface area (Å²) in [7, 11) is 0. The summed E-state index contributed by atoms with van der Waals surface area (Å²) in [5, 5.41) is 14.4. The molecule has 0 aromatic carbocycles. The van der Waals surface area contributed by atoms with Crippen molar-refractivity contribution in [1.29, 1.82) is 0 Å². The van der Waals surface area contributed by atoms with Crippen LogP contribution < -0.4 is 5.32 Å². The Morgan fingerprint density at radius 1 is 1.25 bits per heavy atom. The standard InChI is InChI=1S/C17H19NO5S/c1-2-23-17(22)11-7-8-24-15(11)18-14(19)12-9-3-5-10(6-4-9)13(12)16(20)21/h3,5,7-10,12-13H,2,4,6H2,1H3,(H,18,19)(H,20,21)/t9-,10-,12-,13+/m0/s1. The van der Waals surface area contributed by atoms with Gasteiger partial charge in [-0.15, -0.1) is 11.3 Å². The number of rotatable bonds is 5. The van der Waals surface area contributed by atoms with Gasteiger partial charge in [0.1, 0.15) is 5.00 Å².